The van der Waals surface area contributed by atoms with Crippen molar-refractivity contribution in [3.05, 3.63) is 0 Å². The molecule has 120 valence electrons. The highest BCUT2D eigenvalue weighted by molar-refractivity contribution is 5.85. The molecule has 0 spiro atoms. The van der Waals surface area contributed by atoms with Gasteiger partial charge in [-0.1, -0.05) is 26.2 Å². The lowest BCUT2D eigenvalue weighted by Crippen LogP contribution is -2.37. The summed E-state index contributed by atoms with van der Waals surface area (Å²) in [6.45, 7) is 3.01. The highest BCUT2D eigenvalue weighted by Gasteiger charge is 2.40. The van der Waals surface area contributed by atoms with Crippen LogP contribution in [0.5, 0.6) is 0 Å². The van der Waals surface area contributed by atoms with E-state index in [1.165, 1.54) is 19.3 Å². The Balaban J connectivity index is 1.67. The first-order valence-corrected chi connectivity index (χ1v) is 8.20. The van der Waals surface area contributed by atoms with Crippen LogP contribution in [0.4, 0.5) is 0 Å². The Morgan fingerprint density at radius 1 is 1.14 bits per heavy atom. The van der Waals surface area contributed by atoms with E-state index in [4.69, 9.17) is 4.74 Å². The number of carbonyl (C=O) groups is 2. The fourth-order valence-electron chi connectivity index (χ4n) is 3.62. The van der Waals surface area contributed by atoms with E-state index < -0.39 is 11.9 Å². The summed E-state index contributed by atoms with van der Waals surface area (Å²) in [4.78, 5) is 23.3. The van der Waals surface area contributed by atoms with Crippen molar-refractivity contribution in [1.29, 1.82) is 0 Å². The predicted molar refractivity (Wildman–Crippen MR) is 78.8 cm³/mol. The van der Waals surface area contributed by atoms with Crippen LogP contribution in [-0.2, 0) is 14.3 Å². The second-order valence-corrected chi connectivity index (χ2v) is 6.55. The number of carboxylic acid groups (broad SMARTS) is 1. The molecule has 2 rings (SSSR count). The lowest BCUT2D eigenvalue weighted by atomic mass is 9.95. The zero-order chi connectivity index (χ0) is 15.2. The van der Waals surface area contributed by atoms with E-state index in [9.17, 15) is 14.7 Å². The lowest BCUT2D eigenvalue weighted by Gasteiger charge is -2.22. The van der Waals surface area contributed by atoms with Crippen molar-refractivity contribution in [2.75, 3.05) is 13.2 Å². The summed E-state index contributed by atoms with van der Waals surface area (Å²) in [5, 5.41) is 12.0. The van der Waals surface area contributed by atoms with Crippen molar-refractivity contribution in [3.63, 3.8) is 0 Å². The minimum atomic E-state index is -0.849. The average Bonchev–Trinajstić information content (AvgIpc) is 2.87. The number of ether oxygens (including phenoxy) is 1. The first kappa shape index (κ1) is 16.3. The molecule has 5 nitrogen and oxygen atoms in total. The summed E-state index contributed by atoms with van der Waals surface area (Å²) in [7, 11) is 0. The van der Waals surface area contributed by atoms with Crippen LogP contribution in [0.15, 0.2) is 0 Å². The van der Waals surface area contributed by atoms with Crippen molar-refractivity contribution in [1.82, 2.24) is 5.32 Å². The Hall–Kier alpha value is -1.10. The van der Waals surface area contributed by atoms with Crippen molar-refractivity contribution >= 4 is 11.9 Å². The maximum atomic E-state index is 12.1. The molecule has 2 saturated carbocycles. The van der Waals surface area contributed by atoms with E-state index in [0.717, 1.165) is 12.8 Å². The van der Waals surface area contributed by atoms with Crippen LogP contribution in [0.1, 0.15) is 51.9 Å². The molecule has 2 fully saturated rings. The first-order chi connectivity index (χ1) is 10.1. The Kier molecular flexibility index (Phi) is 6.03. The zero-order valence-electron chi connectivity index (χ0n) is 12.8. The third-order valence-corrected chi connectivity index (χ3v) is 4.76. The molecule has 3 atom stereocenters. The van der Waals surface area contributed by atoms with Crippen molar-refractivity contribution in [2.45, 2.75) is 58.0 Å². The third-order valence-electron chi connectivity index (χ3n) is 4.76. The Bertz CT molecular complexity index is 365. The summed E-state index contributed by atoms with van der Waals surface area (Å²) in [5.74, 6) is -1.58. The topological polar surface area (TPSA) is 75.6 Å². The number of nitrogens with one attached hydrogen (secondary N) is 1. The molecule has 1 unspecified atom stereocenters. The largest absolute Gasteiger partial charge is 0.481 e. The van der Waals surface area contributed by atoms with Crippen LogP contribution >= 0.6 is 0 Å². The molecular weight excluding hydrogens is 270 g/mol. The second-order valence-electron chi connectivity index (χ2n) is 6.55. The van der Waals surface area contributed by atoms with Crippen LogP contribution in [0, 0.1) is 17.8 Å². The van der Waals surface area contributed by atoms with Crippen LogP contribution < -0.4 is 5.32 Å². The van der Waals surface area contributed by atoms with Crippen molar-refractivity contribution in [2.24, 2.45) is 17.8 Å². The van der Waals surface area contributed by atoms with Gasteiger partial charge in [0.1, 0.15) is 0 Å². The molecule has 2 N–H and O–H groups in total. The zero-order valence-corrected chi connectivity index (χ0v) is 12.8. The molecule has 0 saturated heterocycles. The molecule has 0 aromatic heterocycles. The fraction of sp³-hybridized carbons (Fsp3) is 0.875. The van der Waals surface area contributed by atoms with Gasteiger partial charge in [-0.25, -0.2) is 0 Å². The van der Waals surface area contributed by atoms with Crippen molar-refractivity contribution in [3.8, 4) is 0 Å². The van der Waals surface area contributed by atoms with Crippen LogP contribution in [0.25, 0.3) is 0 Å². The van der Waals surface area contributed by atoms with Crippen LogP contribution in [0.3, 0.4) is 0 Å². The highest BCUT2D eigenvalue weighted by Crippen LogP contribution is 2.36. The minimum Gasteiger partial charge on any atom is -0.481 e. The molecule has 0 bridgehead atoms. The molecule has 2 aliphatic carbocycles. The SMILES string of the molecule is CC1C[C@H](C(=O)NCCOC2CCCCC2)[C@H](C(=O)O)C1. The molecule has 5 heteroatoms. The number of hydrogen-bond donors (Lipinski definition) is 2. The Morgan fingerprint density at radius 3 is 2.48 bits per heavy atom. The van der Waals surface area contributed by atoms with E-state index in [2.05, 4.69) is 5.32 Å². The molecule has 0 aliphatic heterocycles. The van der Waals surface area contributed by atoms with Gasteiger partial charge in [-0.3, -0.25) is 9.59 Å². The Morgan fingerprint density at radius 2 is 1.81 bits per heavy atom. The molecule has 0 aromatic carbocycles. The lowest BCUT2D eigenvalue weighted by molar-refractivity contribution is -0.146. The van der Waals surface area contributed by atoms with Gasteiger partial charge < -0.3 is 15.2 Å². The van der Waals surface area contributed by atoms with Gasteiger partial charge in [-0.15, -0.1) is 0 Å². The molecule has 0 heterocycles. The molecule has 2 aliphatic rings. The summed E-state index contributed by atoms with van der Waals surface area (Å²) in [6.07, 6.45) is 7.62. The predicted octanol–water partition coefficient (Wildman–Crippen LogP) is 2.20. The molecule has 1 amide bonds. The summed E-state index contributed by atoms with van der Waals surface area (Å²) in [6, 6.07) is 0. The van der Waals surface area contributed by atoms with Gasteiger partial charge in [0.2, 0.25) is 5.91 Å². The number of aliphatic carboxylic acids is 1. The number of rotatable bonds is 6. The summed E-state index contributed by atoms with van der Waals surface area (Å²) < 4.78 is 5.76. The van der Waals surface area contributed by atoms with E-state index in [1.54, 1.807) is 0 Å². The van der Waals surface area contributed by atoms with Gasteiger partial charge in [0, 0.05) is 6.54 Å². The van der Waals surface area contributed by atoms with Crippen LogP contribution in [0.2, 0.25) is 0 Å². The number of amides is 1. The highest BCUT2D eigenvalue weighted by atomic mass is 16.5. The fourth-order valence-corrected chi connectivity index (χ4v) is 3.62. The summed E-state index contributed by atoms with van der Waals surface area (Å²) >= 11 is 0. The molecule has 0 radical (unpaired) electrons. The Labute approximate surface area is 126 Å². The first-order valence-electron chi connectivity index (χ1n) is 8.20. The number of carbonyl (C=O) groups excluding carboxylic acids is 1. The maximum absolute atomic E-state index is 12.1. The van der Waals surface area contributed by atoms with Crippen LogP contribution in [-0.4, -0.2) is 36.2 Å². The monoisotopic (exact) mass is 297 g/mol. The summed E-state index contributed by atoms with van der Waals surface area (Å²) in [5.41, 5.74) is 0. The minimum absolute atomic E-state index is 0.126. The van der Waals surface area contributed by atoms with E-state index in [1.807, 2.05) is 6.92 Å². The van der Waals surface area contributed by atoms with E-state index >= 15 is 0 Å². The van der Waals surface area contributed by atoms with Gasteiger partial charge in [0.25, 0.3) is 0 Å². The smallest absolute Gasteiger partial charge is 0.307 e. The quantitative estimate of drug-likeness (QED) is 0.737. The second kappa shape index (κ2) is 7.78. The van der Waals surface area contributed by atoms with Gasteiger partial charge in [0.05, 0.1) is 24.5 Å². The van der Waals surface area contributed by atoms with Gasteiger partial charge in [-0.05, 0) is 31.6 Å². The average molecular weight is 297 g/mol. The third kappa shape index (κ3) is 4.70. The molecule has 0 aromatic rings. The van der Waals surface area contributed by atoms with Crippen molar-refractivity contribution < 1.29 is 19.4 Å². The van der Waals surface area contributed by atoms with Gasteiger partial charge in [0.15, 0.2) is 0 Å². The van der Waals surface area contributed by atoms with Gasteiger partial charge >= 0.3 is 5.97 Å². The van der Waals surface area contributed by atoms with Gasteiger partial charge in [-0.2, -0.15) is 0 Å². The van der Waals surface area contributed by atoms with E-state index in [-0.39, 0.29) is 11.8 Å². The number of hydrogen-bond acceptors (Lipinski definition) is 3. The molecular formula is C16H27NO4. The molecule has 21 heavy (non-hydrogen) atoms. The van der Waals surface area contributed by atoms with E-state index in [0.29, 0.717) is 38.0 Å². The maximum Gasteiger partial charge on any atom is 0.307 e. The normalized spacial score (nSPS) is 30.2. The standard InChI is InChI=1S/C16H27NO4/c1-11-9-13(14(10-11)16(19)20)15(18)17-7-8-21-12-5-3-2-4-6-12/h11-14H,2-10H2,1H3,(H,17,18)(H,19,20)/t11?,13-,14+/m0/s1. The number of carboxylic acids is 1.